The number of halogens is 1. The Labute approximate surface area is 230 Å². The molecule has 2 amide bonds. The number of hydrogen-bond donors (Lipinski definition) is 1. The molecule has 1 N–H and O–H groups in total. The van der Waals surface area contributed by atoms with Gasteiger partial charge < -0.3 is 10.2 Å². The summed E-state index contributed by atoms with van der Waals surface area (Å²) in [6.07, 6.45) is 1.73. The molecule has 3 aromatic carbocycles. The van der Waals surface area contributed by atoms with Crippen molar-refractivity contribution in [2.24, 2.45) is 0 Å². The van der Waals surface area contributed by atoms with E-state index in [-0.39, 0.29) is 37.7 Å². The largest absolute Gasteiger partial charge is 0.355 e. The van der Waals surface area contributed by atoms with Gasteiger partial charge in [0, 0.05) is 32.5 Å². The number of aryl methyl sites for hydroxylation is 1. The summed E-state index contributed by atoms with van der Waals surface area (Å²) < 4.78 is 39.9. The second-order valence-electron chi connectivity index (χ2n) is 9.53. The third kappa shape index (κ3) is 8.92. The number of nitrogens with one attached hydrogen (secondary N) is 1. The van der Waals surface area contributed by atoms with Gasteiger partial charge in [0.25, 0.3) is 0 Å². The second-order valence-corrected chi connectivity index (χ2v) is 11.4. The third-order valence-corrected chi connectivity index (χ3v) is 7.52. The van der Waals surface area contributed by atoms with Crippen LogP contribution in [0.5, 0.6) is 0 Å². The van der Waals surface area contributed by atoms with Crippen LogP contribution < -0.4 is 9.62 Å². The molecule has 0 aromatic heterocycles. The number of likely N-dealkylation sites (N-methyl/N-ethyl adjacent to an activating group) is 1. The van der Waals surface area contributed by atoms with Crippen LogP contribution in [-0.4, -0.2) is 50.5 Å². The number of anilines is 1. The third-order valence-electron chi connectivity index (χ3n) is 6.33. The van der Waals surface area contributed by atoms with Gasteiger partial charge in [-0.15, -0.1) is 0 Å². The Kier molecular flexibility index (Phi) is 10.6. The lowest BCUT2D eigenvalue weighted by Gasteiger charge is -2.32. The van der Waals surface area contributed by atoms with E-state index in [0.29, 0.717) is 24.2 Å². The van der Waals surface area contributed by atoms with Crippen LogP contribution >= 0.6 is 0 Å². The fraction of sp³-hybridized carbons (Fsp3) is 0.333. The van der Waals surface area contributed by atoms with E-state index < -0.39 is 21.9 Å². The Morgan fingerprint density at radius 2 is 1.64 bits per heavy atom. The molecule has 3 aromatic rings. The highest BCUT2D eigenvalue weighted by Gasteiger charge is 2.30. The highest BCUT2D eigenvalue weighted by molar-refractivity contribution is 7.92. The average Bonchev–Trinajstić information content (AvgIpc) is 2.89. The SMILES string of the molecule is CCNC(=O)C(Cc1ccccc1)N(Cc1ccc(F)cc1)C(=O)CCCN(c1cccc(C)c1)S(C)(=O)=O. The lowest BCUT2D eigenvalue weighted by Crippen LogP contribution is -2.50. The number of hydrogen-bond acceptors (Lipinski definition) is 4. The van der Waals surface area contributed by atoms with Gasteiger partial charge in [0.05, 0.1) is 11.9 Å². The number of carbonyl (C=O) groups excluding carboxylic acids is 2. The lowest BCUT2D eigenvalue weighted by molar-refractivity contribution is -0.141. The number of amides is 2. The number of carbonyl (C=O) groups is 2. The molecule has 1 unspecified atom stereocenters. The van der Waals surface area contributed by atoms with E-state index in [4.69, 9.17) is 0 Å². The predicted molar refractivity (Wildman–Crippen MR) is 152 cm³/mol. The molecule has 0 aliphatic heterocycles. The van der Waals surface area contributed by atoms with Gasteiger partial charge in [0.15, 0.2) is 0 Å². The predicted octanol–water partition coefficient (Wildman–Crippen LogP) is 4.46. The molecule has 39 heavy (non-hydrogen) atoms. The van der Waals surface area contributed by atoms with E-state index in [0.717, 1.165) is 17.4 Å². The Morgan fingerprint density at radius 1 is 0.949 bits per heavy atom. The molecule has 0 spiro atoms. The topological polar surface area (TPSA) is 86.8 Å². The Bertz CT molecular complexity index is 1350. The summed E-state index contributed by atoms with van der Waals surface area (Å²) in [5, 5.41) is 2.84. The highest BCUT2D eigenvalue weighted by atomic mass is 32.2. The highest BCUT2D eigenvalue weighted by Crippen LogP contribution is 2.21. The van der Waals surface area contributed by atoms with E-state index >= 15 is 0 Å². The number of benzene rings is 3. The first-order chi connectivity index (χ1) is 18.6. The minimum Gasteiger partial charge on any atom is -0.355 e. The van der Waals surface area contributed by atoms with E-state index in [1.54, 1.807) is 30.3 Å². The van der Waals surface area contributed by atoms with Crippen LogP contribution in [0.25, 0.3) is 0 Å². The van der Waals surface area contributed by atoms with Crippen LogP contribution in [-0.2, 0) is 32.6 Å². The molecular formula is C30H36FN3O4S. The zero-order valence-corrected chi connectivity index (χ0v) is 23.5. The number of rotatable bonds is 13. The average molecular weight is 554 g/mol. The van der Waals surface area contributed by atoms with Crippen molar-refractivity contribution < 1.29 is 22.4 Å². The summed E-state index contributed by atoms with van der Waals surface area (Å²) in [5.41, 5.74) is 3.05. The molecule has 0 saturated heterocycles. The van der Waals surface area contributed by atoms with Crippen molar-refractivity contribution >= 4 is 27.5 Å². The molecule has 7 nitrogen and oxygen atoms in total. The van der Waals surface area contributed by atoms with E-state index in [2.05, 4.69) is 5.32 Å². The van der Waals surface area contributed by atoms with Crippen molar-refractivity contribution in [3.8, 4) is 0 Å². The summed E-state index contributed by atoms with van der Waals surface area (Å²) in [6.45, 7) is 4.33. The monoisotopic (exact) mass is 553 g/mol. The molecule has 0 aliphatic rings. The molecule has 0 radical (unpaired) electrons. The molecule has 9 heteroatoms. The molecule has 0 heterocycles. The minimum atomic E-state index is -3.57. The maximum atomic E-state index is 13.7. The van der Waals surface area contributed by atoms with E-state index in [1.165, 1.54) is 21.3 Å². The fourth-order valence-corrected chi connectivity index (χ4v) is 5.38. The van der Waals surface area contributed by atoms with Gasteiger partial charge in [0.2, 0.25) is 21.8 Å². The Balaban J connectivity index is 1.85. The minimum absolute atomic E-state index is 0.0315. The number of sulfonamides is 1. The van der Waals surface area contributed by atoms with Crippen LogP contribution in [0.3, 0.4) is 0 Å². The summed E-state index contributed by atoms with van der Waals surface area (Å²) in [7, 11) is -3.57. The van der Waals surface area contributed by atoms with Gasteiger partial charge >= 0.3 is 0 Å². The lowest BCUT2D eigenvalue weighted by atomic mass is 10.0. The van der Waals surface area contributed by atoms with Crippen molar-refractivity contribution in [1.29, 1.82) is 0 Å². The Hall–Kier alpha value is -3.72. The summed E-state index contributed by atoms with van der Waals surface area (Å²) in [6, 6.07) is 21.7. The second kappa shape index (κ2) is 13.9. The van der Waals surface area contributed by atoms with Crippen LogP contribution in [0.2, 0.25) is 0 Å². The first-order valence-corrected chi connectivity index (χ1v) is 14.8. The van der Waals surface area contributed by atoms with Crippen molar-refractivity contribution in [2.75, 3.05) is 23.7 Å². The zero-order chi connectivity index (χ0) is 28.4. The molecule has 0 fully saturated rings. The van der Waals surface area contributed by atoms with Crippen LogP contribution in [0.4, 0.5) is 10.1 Å². The summed E-state index contributed by atoms with van der Waals surface area (Å²) in [4.78, 5) is 28.4. The van der Waals surface area contributed by atoms with Gasteiger partial charge in [-0.05, 0) is 61.2 Å². The molecule has 3 rings (SSSR count). The molecule has 0 bridgehead atoms. The van der Waals surface area contributed by atoms with Crippen LogP contribution in [0, 0.1) is 12.7 Å². The normalized spacial score (nSPS) is 12.0. The van der Waals surface area contributed by atoms with Gasteiger partial charge in [-0.1, -0.05) is 54.6 Å². The quantitative estimate of drug-likeness (QED) is 0.339. The van der Waals surface area contributed by atoms with Gasteiger partial charge in [-0.2, -0.15) is 0 Å². The first kappa shape index (κ1) is 29.8. The Morgan fingerprint density at radius 3 is 2.26 bits per heavy atom. The molecular weight excluding hydrogens is 517 g/mol. The molecule has 0 aliphatic carbocycles. The van der Waals surface area contributed by atoms with Crippen molar-refractivity contribution in [3.63, 3.8) is 0 Å². The standard InChI is InChI=1S/C30H36FN3O4S/c1-4-32-30(36)28(21-24-11-6-5-7-12-24)33(22-25-15-17-26(31)18-16-25)29(35)14-9-19-34(39(3,37)38)27-13-8-10-23(2)20-27/h5-8,10-13,15-18,20,28H,4,9,14,19,21-22H2,1-3H3,(H,32,36). The van der Waals surface area contributed by atoms with Crippen molar-refractivity contribution in [1.82, 2.24) is 10.2 Å². The van der Waals surface area contributed by atoms with Gasteiger partial charge in [0.1, 0.15) is 11.9 Å². The summed E-state index contributed by atoms with van der Waals surface area (Å²) in [5.74, 6) is -0.961. The molecule has 1 atom stereocenters. The summed E-state index contributed by atoms with van der Waals surface area (Å²) >= 11 is 0. The van der Waals surface area contributed by atoms with Gasteiger partial charge in [-0.25, -0.2) is 12.8 Å². The zero-order valence-electron chi connectivity index (χ0n) is 22.6. The number of nitrogens with zero attached hydrogens (tertiary/aromatic N) is 2. The first-order valence-electron chi connectivity index (χ1n) is 13.0. The fourth-order valence-electron chi connectivity index (χ4n) is 4.42. The van der Waals surface area contributed by atoms with Gasteiger partial charge in [-0.3, -0.25) is 13.9 Å². The van der Waals surface area contributed by atoms with E-state index in [9.17, 15) is 22.4 Å². The van der Waals surface area contributed by atoms with E-state index in [1.807, 2.05) is 50.2 Å². The van der Waals surface area contributed by atoms with Crippen LogP contribution in [0.15, 0.2) is 78.9 Å². The maximum absolute atomic E-state index is 13.7. The van der Waals surface area contributed by atoms with Crippen LogP contribution in [0.1, 0.15) is 36.5 Å². The molecule has 0 saturated carbocycles. The molecule has 208 valence electrons. The van der Waals surface area contributed by atoms with Crippen molar-refractivity contribution in [3.05, 3.63) is 101 Å². The smallest absolute Gasteiger partial charge is 0.243 e. The maximum Gasteiger partial charge on any atom is 0.243 e. The van der Waals surface area contributed by atoms with Crippen molar-refractivity contribution in [2.45, 2.75) is 45.7 Å².